The highest BCUT2D eigenvalue weighted by atomic mass is 16.3. The molecule has 7 nitrogen and oxygen atoms in total. The van der Waals surface area contributed by atoms with Crippen molar-refractivity contribution in [2.24, 2.45) is 0 Å². The summed E-state index contributed by atoms with van der Waals surface area (Å²) in [5.41, 5.74) is 3.47. The first-order chi connectivity index (χ1) is 13.5. The van der Waals surface area contributed by atoms with Crippen LogP contribution in [0.3, 0.4) is 0 Å². The molecule has 1 fully saturated rings. The molecular weight excluding hydrogens is 356 g/mol. The van der Waals surface area contributed by atoms with Gasteiger partial charge in [0.25, 0.3) is 5.91 Å². The van der Waals surface area contributed by atoms with Crippen LogP contribution < -0.4 is 11.0 Å². The summed E-state index contributed by atoms with van der Waals surface area (Å²) in [6.45, 7) is 2.26. The van der Waals surface area contributed by atoms with Gasteiger partial charge in [-0.05, 0) is 62.9 Å². The van der Waals surface area contributed by atoms with Gasteiger partial charge in [-0.3, -0.25) is 14.3 Å². The highest BCUT2D eigenvalue weighted by Crippen LogP contribution is 2.29. The number of aliphatic hydroxyl groups is 1. The first kappa shape index (κ1) is 18.4. The largest absolute Gasteiger partial charge is 0.393 e. The summed E-state index contributed by atoms with van der Waals surface area (Å²) in [7, 11) is 0. The molecule has 7 heteroatoms. The molecule has 1 aliphatic rings. The molecule has 0 unspecified atom stereocenters. The fraction of sp³-hybridized carbons (Fsp3) is 0.381. The highest BCUT2D eigenvalue weighted by Gasteiger charge is 2.24. The van der Waals surface area contributed by atoms with Crippen LogP contribution in [0.2, 0.25) is 0 Å². The quantitative estimate of drug-likeness (QED) is 0.647. The van der Waals surface area contributed by atoms with Crippen LogP contribution in [0.1, 0.15) is 53.5 Å². The fourth-order valence-electron chi connectivity index (χ4n) is 3.92. The number of hydrogen-bond acceptors (Lipinski definition) is 4. The van der Waals surface area contributed by atoms with Crippen LogP contribution in [0.25, 0.3) is 11.0 Å². The zero-order valence-corrected chi connectivity index (χ0v) is 15.8. The Balaban J connectivity index is 1.53. The van der Waals surface area contributed by atoms with Gasteiger partial charge in [-0.1, -0.05) is 6.07 Å². The van der Waals surface area contributed by atoms with Gasteiger partial charge in [0.15, 0.2) is 0 Å². The molecule has 146 valence electrons. The van der Waals surface area contributed by atoms with Crippen LogP contribution in [0.15, 0.2) is 41.2 Å². The van der Waals surface area contributed by atoms with Crippen LogP contribution >= 0.6 is 0 Å². The number of carbonyl (C=O) groups excluding carboxylic acids is 1. The number of imidazole rings is 1. The smallest absolute Gasteiger partial charge is 0.326 e. The third kappa shape index (κ3) is 3.71. The number of pyridine rings is 1. The average molecular weight is 380 g/mol. The minimum atomic E-state index is -0.268. The Morgan fingerprint density at radius 1 is 1.25 bits per heavy atom. The van der Waals surface area contributed by atoms with E-state index >= 15 is 0 Å². The topological polar surface area (TPSA) is 100 Å². The lowest BCUT2D eigenvalue weighted by atomic mass is 9.93. The number of fused-ring (bicyclic) bond motifs is 1. The maximum Gasteiger partial charge on any atom is 0.326 e. The standard InChI is InChI=1S/C21H24N4O3/c1-13-3-2-4-15(23-13)12-22-20(27)14-5-10-19-18(11-14)24-21(28)25(19)16-6-8-17(26)9-7-16/h2-5,10-11,16-17,26H,6-9,12H2,1H3,(H,22,27)(H,24,28). The molecule has 4 rings (SSSR count). The number of nitrogens with one attached hydrogen (secondary N) is 2. The number of aromatic nitrogens is 3. The SMILES string of the molecule is Cc1cccc(CNC(=O)c2ccc3c(c2)[nH]c(=O)n3C2CCC(O)CC2)n1. The van der Waals surface area contributed by atoms with E-state index in [9.17, 15) is 14.7 Å². The van der Waals surface area contributed by atoms with Crippen molar-refractivity contribution in [2.75, 3.05) is 0 Å². The second-order valence-electron chi connectivity index (χ2n) is 7.45. The molecule has 28 heavy (non-hydrogen) atoms. The van der Waals surface area contributed by atoms with Crippen molar-refractivity contribution in [1.82, 2.24) is 19.9 Å². The molecule has 2 heterocycles. The van der Waals surface area contributed by atoms with E-state index in [2.05, 4.69) is 15.3 Å². The third-order valence-electron chi connectivity index (χ3n) is 5.39. The van der Waals surface area contributed by atoms with E-state index in [1.54, 1.807) is 16.7 Å². The summed E-state index contributed by atoms with van der Waals surface area (Å²) in [5, 5.41) is 12.6. The van der Waals surface area contributed by atoms with Crippen molar-refractivity contribution < 1.29 is 9.90 Å². The Morgan fingerprint density at radius 2 is 2.04 bits per heavy atom. The zero-order chi connectivity index (χ0) is 19.7. The maximum absolute atomic E-state index is 12.5. The number of amides is 1. The molecule has 2 aromatic heterocycles. The fourth-order valence-corrected chi connectivity index (χ4v) is 3.92. The molecule has 0 radical (unpaired) electrons. The number of nitrogens with zero attached hydrogens (tertiary/aromatic N) is 2. The van der Waals surface area contributed by atoms with E-state index < -0.39 is 0 Å². The minimum absolute atomic E-state index is 0.0803. The van der Waals surface area contributed by atoms with Gasteiger partial charge >= 0.3 is 5.69 Å². The molecule has 0 saturated heterocycles. The summed E-state index contributed by atoms with van der Waals surface area (Å²) >= 11 is 0. The van der Waals surface area contributed by atoms with Crippen molar-refractivity contribution in [3.05, 3.63) is 63.8 Å². The lowest BCUT2D eigenvalue weighted by Gasteiger charge is -2.26. The molecule has 3 aromatic rings. The van der Waals surface area contributed by atoms with Crippen molar-refractivity contribution in [2.45, 2.75) is 51.3 Å². The number of hydrogen-bond donors (Lipinski definition) is 3. The summed E-state index contributed by atoms with van der Waals surface area (Å²) in [6, 6.07) is 11.0. The van der Waals surface area contributed by atoms with E-state index in [4.69, 9.17) is 0 Å². The molecule has 1 saturated carbocycles. The predicted octanol–water partition coefficient (Wildman–Crippen LogP) is 2.44. The molecule has 1 aromatic carbocycles. The van der Waals surface area contributed by atoms with E-state index in [1.807, 2.05) is 31.2 Å². The van der Waals surface area contributed by atoms with Crippen molar-refractivity contribution >= 4 is 16.9 Å². The average Bonchev–Trinajstić information content (AvgIpc) is 3.02. The number of carbonyl (C=O) groups is 1. The van der Waals surface area contributed by atoms with Crippen molar-refractivity contribution in [3.63, 3.8) is 0 Å². The molecular formula is C21H24N4O3. The van der Waals surface area contributed by atoms with Crippen LogP contribution in [-0.2, 0) is 6.54 Å². The van der Waals surface area contributed by atoms with Gasteiger partial charge in [0.1, 0.15) is 0 Å². The van der Waals surface area contributed by atoms with Gasteiger partial charge < -0.3 is 15.4 Å². The Hall–Kier alpha value is -2.93. The summed E-state index contributed by atoms with van der Waals surface area (Å²) in [5.74, 6) is -0.209. The van der Waals surface area contributed by atoms with E-state index in [0.29, 0.717) is 30.5 Å². The second kappa shape index (κ2) is 7.59. The number of H-pyrrole nitrogens is 1. The van der Waals surface area contributed by atoms with Gasteiger partial charge in [-0.25, -0.2) is 4.79 Å². The predicted molar refractivity (Wildman–Crippen MR) is 106 cm³/mol. The molecule has 1 amide bonds. The molecule has 1 aliphatic carbocycles. The van der Waals surface area contributed by atoms with Gasteiger partial charge in [0, 0.05) is 17.3 Å². The van der Waals surface area contributed by atoms with Gasteiger partial charge in [-0.15, -0.1) is 0 Å². The highest BCUT2D eigenvalue weighted by molar-refractivity contribution is 5.97. The third-order valence-corrected chi connectivity index (χ3v) is 5.39. The first-order valence-corrected chi connectivity index (χ1v) is 9.64. The Kier molecular flexibility index (Phi) is 5.00. The normalized spacial score (nSPS) is 19.6. The van der Waals surface area contributed by atoms with Crippen LogP contribution in [-0.4, -0.2) is 31.7 Å². The Morgan fingerprint density at radius 3 is 2.79 bits per heavy atom. The molecule has 0 spiro atoms. The Labute approximate surface area is 162 Å². The van der Waals surface area contributed by atoms with E-state index in [1.165, 1.54) is 0 Å². The first-order valence-electron chi connectivity index (χ1n) is 9.64. The van der Waals surface area contributed by atoms with Crippen LogP contribution in [0.4, 0.5) is 0 Å². The van der Waals surface area contributed by atoms with Gasteiger partial charge in [-0.2, -0.15) is 0 Å². The number of benzene rings is 1. The maximum atomic E-state index is 12.5. The summed E-state index contributed by atoms with van der Waals surface area (Å²) in [6.07, 6.45) is 2.70. The zero-order valence-electron chi connectivity index (χ0n) is 15.8. The van der Waals surface area contributed by atoms with E-state index in [0.717, 1.165) is 29.7 Å². The van der Waals surface area contributed by atoms with Crippen LogP contribution in [0.5, 0.6) is 0 Å². The van der Waals surface area contributed by atoms with E-state index in [-0.39, 0.29) is 23.7 Å². The van der Waals surface area contributed by atoms with Crippen molar-refractivity contribution in [1.29, 1.82) is 0 Å². The van der Waals surface area contributed by atoms with Gasteiger partial charge in [0.2, 0.25) is 0 Å². The molecule has 0 aliphatic heterocycles. The minimum Gasteiger partial charge on any atom is -0.393 e. The van der Waals surface area contributed by atoms with Crippen LogP contribution in [0, 0.1) is 6.92 Å². The summed E-state index contributed by atoms with van der Waals surface area (Å²) in [4.78, 5) is 32.2. The lowest BCUT2D eigenvalue weighted by molar-refractivity contribution is 0.0950. The Bertz CT molecular complexity index is 1060. The second-order valence-corrected chi connectivity index (χ2v) is 7.45. The number of aromatic amines is 1. The summed E-state index contributed by atoms with van der Waals surface area (Å²) < 4.78 is 1.76. The lowest BCUT2D eigenvalue weighted by Crippen LogP contribution is -2.27. The number of aryl methyl sites for hydroxylation is 1. The molecule has 3 N–H and O–H groups in total. The number of aliphatic hydroxyl groups excluding tert-OH is 1. The van der Waals surface area contributed by atoms with Gasteiger partial charge in [0.05, 0.1) is 29.4 Å². The number of rotatable bonds is 4. The monoisotopic (exact) mass is 380 g/mol. The molecule has 0 bridgehead atoms. The molecule has 0 atom stereocenters. The van der Waals surface area contributed by atoms with Crippen molar-refractivity contribution in [3.8, 4) is 0 Å².